The molecule has 0 fully saturated rings. The number of carbonyl (C=O) groups is 1. The monoisotopic (exact) mass is 313 g/mol. The number of benzene rings is 2. The number of carbonyl (C=O) groups excluding carboxylic acids is 1. The zero-order valence-corrected chi connectivity index (χ0v) is 12.5. The fraction of sp³-hybridized carbons (Fsp3) is 0.0588. The van der Waals surface area contributed by atoms with Gasteiger partial charge in [-0.2, -0.15) is 0 Å². The molecular formula is C17H12ClNO3. The molecule has 0 bridgehead atoms. The first-order valence-corrected chi connectivity index (χ1v) is 7.03. The lowest BCUT2D eigenvalue weighted by Crippen LogP contribution is -2.20. The number of fused-ring (bicyclic) bond motifs is 1. The molecular weight excluding hydrogens is 302 g/mol. The smallest absolute Gasteiger partial charge is 0.349 e. The van der Waals surface area contributed by atoms with Crippen molar-refractivity contribution in [1.82, 2.24) is 0 Å². The van der Waals surface area contributed by atoms with Crippen molar-refractivity contribution < 1.29 is 9.21 Å². The van der Waals surface area contributed by atoms with E-state index in [0.29, 0.717) is 21.7 Å². The van der Waals surface area contributed by atoms with Crippen molar-refractivity contribution in [3.63, 3.8) is 0 Å². The van der Waals surface area contributed by atoms with E-state index in [2.05, 4.69) is 5.32 Å². The molecule has 1 N–H and O–H groups in total. The third-order valence-corrected chi connectivity index (χ3v) is 3.57. The Morgan fingerprint density at radius 2 is 1.91 bits per heavy atom. The van der Waals surface area contributed by atoms with Gasteiger partial charge in [-0.15, -0.1) is 0 Å². The van der Waals surface area contributed by atoms with Crippen LogP contribution >= 0.6 is 11.6 Å². The van der Waals surface area contributed by atoms with E-state index < -0.39 is 11.5 Å². The quantitative estimate of drug-likeness (QED) is 0.727. The number of anilines is 1. The molecule has 1 amide bonds. The highest BCUT2D eigenvalue weighted by Gasteiger charge is 2.15. The van der Waals surface area contributed by atoms with E-state index in [0.717, 1.165) is 5.56 Å². The van der Waals surface area contributed by atoms with E-state index in [-0.39, 0.29) is 5.56 Å². The van der Waals surface area contributed by atoms with Crippen molar-refractivity contribution in [2.45, 2.75) is 6.92 Å². The van der Waals surface area contributed by atoms with Crippen LogP contribution in [-0.4, -0.2) is 5.91 Å². The summed E-state index contributed by atoms with van der Waals surface area (Å²) in [4.78, 5) is 24.2. The van der Waals surface area contributed by atoms with Crippen molar-refractivity contribution >= 4 is 34.2 Å². The standard InChI is InChI=1S/C17H12ClNO3/c1-10-6-7-14(13(18)8-10)19-16(20)12-9-11-4-2-3-5-15(11)22-17(12)21/h2-9H,1H3,(H,19,20). The highest BCUT2D eigenvalue weighted by molar-refractivity contribution is 6.34. The summed E-state index contributed by atoms with van der Waals surface area (Å²) in [7, 11) is 0. The lowest BCUT2D eigenvalue weighted by Gasteiger charge is -2.07. The molecule has 2 aromatic carbocycles. The second kappa shape index (κ2) is 5.66. The Morgan fingerprint density at radius 1 is 1.14 bits per heavy atom. The van der Waals surface area contributed by atoms with Crippen LogP contribution in [0.4, 0.5) is 5.69 Å². The Bertz CT molecular complexity index is 931. The van der Waals surface area contributed by atoms with Gasteiger partial charge in [0, 0.05) is 5.39 Å². The minimum absolute atomic E-state index is 0.0599. The van der Waals surface area contributed by atoms with Crippen molar-refractivity contribution in [1.29, 1.82) is 0 Å². The molecule has 0 aliphatic carbocycles. The summed E-state index contributed by atoms with van der Waals surface area (Å²) in [5.74, 6) is -0.551. The third-order valence-electron chi connectivity index (χ3n) is 3.26. The summed E-state index contributed by atoms with van der Waals surface area (Å²) < 4.78 is 5.15. The van der Waals surface area contributed by atoms with E-state index in [1.165, 1.54) is 6.07 Å². The zero-order valence-electron chi connectivity index (χ0n) is 11.7. The molecule has 0 atom stereocenters. The zero-order chi connectivity index (χ0) is 15.7. The van der Waals surface area contributed by atoms with Gasteiger partial charge >= 0.3 is 5.63 Å². The van der Waals surface area contributed by atoms with Gasteiger partial charge in [-0.05, 0) is 36.8 Å². The van der Waals surface area contributed by atoms with E-state index >= 15 is 0 Å². The van der Waals surface area contributed by atoms with Gasteiger partial charge in [-0.25, -0.2) is 4.79 Å². The Labute approximate surface area is 131 Å². The minimum Gasteiger partial charge on any atom is -0.422 e. The summed E-state index contributed by atoms with van der Waals surface area (Å²) >= 11 is 6.08. The number of rotatable bonds is 2. The number of amides is 1. The van der Waals surface area contributed by atoms with Crippen LogP contribution in [0.2, 0.25) is 5.02 Å². The van der Waals surface area contributed by atoms with Crippen molar-refractivity contribution in [3.05, 3.63) is 75.1 Å². The van der Waals surface area contributed by atoms with Crippen LogP contribution in [0, 0.1) is 6.92 Å². The van der Waals surface area contributed by atoms with Crippen LogP contribution < -0.4 is 10.9 Å². The Kier molecular flexibility index (Phi) is 3.69. The maximum absolute atomic E-state index is 12.3. The molecule has 0 aliphatic rings. The van der Waals surface area contributed by atoms with Crippen molar-refractivity contribution in [2.24, 2.45) is 0 Å². The lowest BCUT2D eigenvalue weighted by molar-refractivity contribution is 0.102. The first kappa shape index (κ1) is 14.4. The average Bonchev–Trinajstić information content (AvgIpc) is 2.49. The van der Waals surface area contributed by atoms with Gasteiger partial charge in [-0.3, -0.25) is 4.79 Å². The largest absolute Gasteiger partial charge is 0.422 e. The van der Waals surface area contributed by atoms with Gasteiger partial charge in [0.05, 0.1) is 10.7 Å². The second-order valence-electron chi connectivity index (χ2n) is 4.92. The maximum atomic E-state index is 12.3. The average molecular weight is 314 g/mol. The lowest BCUT2D eigenvalue weighted by atomic mass is 10.1. The molecule has 22 heavy (non-hydrogen) atoms. The minimum atomic E-state index is -0.681. The van der Waals surface area contributed by atoms with Crippen LogP contribution in [0.5, 0.6) is 0 Å². The molecule has 4 nitrogen and oxygen atoms in total. The SMILES string of the molecule is Cc1ccc(NC(=O)c2cc3ccccc3oc2=O)c(Cl)c1. The van der Waals surface area contributed by atoms with Crippen LogP contribution in [0.1, 0.15) is 15.9 Å². The Balaban J connectivity index is 1.98. The molecule has 0 aliphatic heterocycles. The van der Waals surface area contributed by atoms with Gasteiger partial charge < -0.3 is 9.73 Å². The molecule has 0 saturated heterocycles. The fourth-order valence-electron chi connectivity index (χ4n) is 2.13. The molecule has 1 heterocycles. The van der Waals surface area contributed by atoms with Gasteiger partial charge in [0.15, 0.2) is 0 Å². The number of para-hydroxylation sites is 1. The number of hydrogen-bond acceptors (Lipinski definition) is 3. The third kappa shape index (κ3) is 2.73. The molecule has 1 aromatic heterocycles. The van der Waals surface area contributed by atoms with Gasteiger partial charge in [0.2, 0.25) is 0 Å². The van der Waals surface area contributed by atoms with E-state index in [4.69, 9.17) is 16.0 Å². The Morgan fingerprint density at radius 3 is 2.68 bits per heavy atom. The van der Waals surface area contributed by atoms with Gasteiger partial charge in [0.1, 0.15) is 11.1 Å². The summed E-state index contributed by atoms with van der Waals surface area (Å²) in [6, 6.07) is 13.8. The molecule has 0 saturated carbocycles. The van der Waals surface area contributed by atoms with Gasteiger partial charge in [0.25, 0.3) is 5.91 Å². The first-order valence-electron chi connectivity index (χ1n) is 6.65. The molecule has 0 spiro atoms. The number of halogens is 1. The van der Waals surface area contributed by atoms with Crippen molar-refractivity contribution in [2.75, 3.05) is 5.32 Å². The molecule has 0 unspecified atom stereocenters. The van der Waals surface area contributed by atoms with E-state index in [1.807, 2.05) is 13.0 Å². The molecule has 3 rings (SSSR count). The second-order valence-corrected chi connectivity index (χ2v) is 5.33. The summed E-state index contributed by atoms with van der Waals surface area (Å²) in [5.41, 5.74) is 1.13. The summed E-state index contributed by atoms with van der Waals surface area (Å²) in [6.45, 7) is 1.90. The van der Waals surface area contributed by atoms with Crippen LogP contribution in [0.3, 0.4) is 0 Å². The number of aryl methyl sites for hydroxylation is 1. The van der Waals surface area contributed by atoms with E-state index in [1.54, 1.807) is 36.4 Å². The molecule has 3 aromatic rings. The molecule has 0 radical (unpaired) electrons. The normalized spacial score (nSPS) is 10.6. The summed E-state index contributed by atoms with van der Waals surface area (Å²) in [5, 5.41) is 3.73. The predicted molar refractivity (Wildman–Crippen MR) is 86.6 cm³/mol. The molecule has 5 heteroatoms. The van der Waals surface area contributed by atoms with Gasteiger partial charge in [-0.1, -0.05) is 35.9 Å². The Hall–Kier alpha value is -2.59. The van der Waals surface area contributed by atoms with Crippen LogP contribution in [0.25, 0.3) is 11.0 Å². The number of hydrogen-bond donors (Lipinski definition) is 1. The topological polar surface area (TPSA) is 59.3 Å². The maximum Gasteiger partial charge on any atom is 0.349 e. The molecule has 110 valence electrons. The first-order chi connectivity index (χ1) is 10.5. The van der Waals surface area contributed by atoms with Crippen molar-refractivity contribution in [3.8, 4) is 0 Å². The van der Waals surface area contributed by atoms with Crippen LogP contribution in [0.15, 0.2) is 57.7 Å². The highest BCUT2D eigenvalue weighted by Crippen LogP contribution is 2.23. The van der Waals surface area contributed by atoms with Crippen LogP contribution in [-0.2, 0) is 0 Å². The summed E-state index contributed by atoms with van der Waals surface area (Å²) in [6.07, 6.45) is 0. The highest BCUT2D eigenvalue weighted by atomic mass is 35.5. The predicted octanol–water partition coefficient (Wildman–Crippen LogP) is 4.01. The fourth-order valence-corrected chi connectivity index (χ4v) is 2.41. The van der Waals surface area contributed by atoms with E-state index in [9.17, 15) is 9.59 Å². The number of nitrogens with one attached hydrogen (secondary N) is 1.